The third-order valence-corrected chi connectivity index (χ3v) is 4.68. The van der Waals surface area contributed by atoms with Crippen LogP contribution in [0.25, 0.3) is 0 Å². The van der Waals surface area contributed by atoms with Gasteiger partial charge in [0.2, 0.25) is 5.03 Å². The summed E-state index contributed by atoms with van der Waals surface area (Å²) in [5, 5.41) is 7.04. The van der Waals surface area contributed by atoms with Crippen LogP contribution >= 0.6 is 15.9 Å². The highest BCUT2D eigenvalue weighted by Gasteiger charge is 2.24. The Morgan fingerprint density at radius 2 is 2.11 bits per heavy atom. The Kier molecular flexibility index (Phi) is 3.59. The molecule has 1 N–H and O–H groups in total. The summed E-state index contributed by atoms with van der Waals surface area (Å²) < 4.78 is 41.1. The molecule has 0 fully saturated rings. The van der Waals surface area contributed by atoms with Crippen molar-refractivity contribution in [2.24, 2.45) is 7.05 Å². The van der Waals surface area contributed by atoms with Crippen LogP contribution in [0.15, 0.2) is 27.8 Å². The van der Waals surface area contributed by atoms with Crippen LogP contribution in [0.2, 0.25) is 0 Å². The van der Waals surface area contributed by atoms with Crippen molar-refractivity contribution in [3.05, 3.63) is 34.2 Å². The zero-order valence-corrected chi connectivity index (χ0v) is 12.5. The molecule has 0 atom stereocenters. The van der Waals surface area contributed by atoms with Crippen molar-refractivity contribution in [3.63, 3.8) is 0 Å². The first kappa shape index (κ1) is 13.9. The number of benzene rings is 1. The highest BCUT2D eigenvalue weighted by atomic mass is 79.9. The summed E-state index contributed by atoms with van der Waals surface area (Å²) in [5.41, 5.74) is 0.572. The molecule has 0 amide bonds. The van der Waals surface area contributed by atoms with Crippen molar-refractivity contribution in [1.82, 2.24) is 15.0 Å². The van der Waals surface area contributed by atoms with Crippen LogP contribution < -0.4 is 4.72 Å². The predicted octanol–water partition coefficient (Wildman–Crippen LogP) is 1.83. The second-order valence-corrected chi connectivity index (χ2v) is 6.23. The molecule has 0 aliphatic carbocycles. The minimum absolute atomic E-state index is 0.0927. The lowest BCUT2D eigenvalue weighted by molar-refractivity contribution is 0.578. The third kappa shape index (κ3) is 2.76. The largest absolute Gasteiger partial charge is 0.281 e. The van der Waals surface area contributed by atoms with Crippen molar-refractivity contribution in [2.75, 3.05) is 4.72 Å². The SMILES string of the molecule is Cc1ccc(NS(=O)(=O)c2c(Br)nnn2C)cc1F. The predicted molar refractivity (Wildman–Crippen MR) is 70.6 cm³/mol. The molecule has 0 bridgehead atoms. The third-order valence-electron chi connectivity index (χ3n) is 2.42. The van der Waals surface area contributed by atoms with Gasteiger partial charge in [0.05, 0.1) is 5.69 Å². The average molecular weight is 349 g/mol. The summed E-state index contributed by atoms with van der Waals surface area (Å²) in [6.07, 6.45) is 0. The van der Waals surface area contributed by atoms with Crippen LogP contribution in [-0.4, -0.2) is 23.4 Å². The molecule has 0 saturated carbocycles. The molecule has 6 nitrogen and oxygen atoms in total. The Bertz CT molecular complexity index is 710. The summed E-state index contributed by atoms with van der Waals surface area (Å²) in [6, 6.07) is 4.09. The molecule has 2 rings (SSSR count). The first-order valence-corrected chi connectivity index (χ1v) is 7.43. The normalized spacial score (nSPS) is 11.6. The second kappa shape index (κ2) is 4.89. The zero-order valence-electron chi connectivity index (χ0n) is 10.1. The van der Waals surface area contributed by atoms with Gasteiger partial charge < -0.3 is 0 Å². The maximum Gasteiger partial charge on any atom is 0.281 e. The van der Waals surface area contributed by atoms with Gasteiger partial charge in [-0.2, -0.15) is 8.42 Å². The fourth-order valence-corrected chi connectivity index (χ4v) is 3.62. The second-order valence-electron chi connectivity index (χ2n) is 3.88. The minimum Gasteiger partial charge on any atom is -0.278 e. The lowest BCUT2D eigenvalue weighted by Crippen LogP contribution is -2.17. The van der Waals surface area contributed by atoms with Crippen molar-refractivity contribution in [2.45, 2.75) is 11.9 Å². The average Bonchev–Trinajstić information content (AvgIpc) is 2.64. The Hall–Kier alpha value is -1.48. The van der Waals surface area contributed by atoms with Gasteiger partial charge in [-0.3, -0.25) is 4.72 Å². The number of hydrogen-bond donors (Lipinski definition) is 1. The van der Waals surface area contributed by atoms with Gasteiger partial charge in [-0.25, -0.2) is 9.07 Å². The van der Waals surface area contributed by atoms with Crippen molar-refractivity contribution < 1.29 is 12.8 Å². The Labute approximate surface area is 117 Å². The molecular weight excluding hydrogens is 339 g/mol. The summed E-state index contributed by atoms with van der Waals surface area (Å²) in [5.74, 6) is -0.484. The quantitative estimate of drug-likeness (QED) is 0.917. The zero-order chi connectivity index (χ0) is 14.2. The lowest BCUT2D eigenvalue weighted by Gasteiger charge is -2.08. The summed E-state index contributed by atoms with van der Waals surface area (Å²) in [6.45, 7) is 1.59. The number of aryl methyl sites for hydroxylation is 2. The molecule has 0 radical (unpaired) electrons. The van der Waals surface area contributed by atoms with E-state index in [4.69, 9.17) is 0 Å². The van der Waals surface area contributed by atoms with E-state index in [0.29, 0.717) is 5.56 Å². The highest BCUT2D eigenvalue weighted by molar-refractivity contribution is 9.10. The van der Waals surface area contributed by atoms with Crippen LogP contribution in [0, 0.1) is 12.7 Å². The highest BCUT2D eigenvalue weighted by Crippen LogP contribution is 2.22. The Balaban J connectivity index is 2.39. The smallest absolute Gasteiger partial charge is 0.278 e. The van der Waals surface area contributed by atoms with Crippen molar-refractivity contribution in [3.8, 4) is 0 Å². The van der Waals surface area contributed by atoms with Gasteiger partial charge in [-0.1, -0.05) is 11.3 Å². The van der Waals surface area contributed by atoms with E-state index in [1.807, 2.05) is 0 Å². The molecule has 2 aromatic rings. The van der Waals surface area contributed by atoms with E-state index in [0.717, 1.165) is 10.7 Å². The first-order chi connectivity index (χ1) is 8.81. The number of sulfonamides is 1. The van der Waals surface area contributed by atoms with Gasteiger partial charge in [0.25, 0.3) is 10.0 Å². The number of anilines is 1. The molecule has 0 spiro atoms. The standard InChI is InChI=1S/C10H10BrFN4O2S/c1-6-3-4-7(5-8(6)12)14-19(17,18)10-9(11)13-15-16(10)2/h3-5,14H,1-2H3. The molecule has 1 aromatic carbocycles. The van der Waals surface area contributed by atoms with Gasteiger partial charge in [0.15, 0.2) is 4.60 Å². The molecule has 102 valence electrons. The van der Waals surface area contributed by atoms with Crippen LogP contribution in [-0.2, 0) is 17.1 Å². The minimum atomic E-state index is -3.89. The molecule has 9 heteroatoms. The number of hydrogen-bond acceptors (Lipinski definition) is 4. The summed E-state index contributed by atoms with van der Waals surface area (Å²) in [7, 11) is -2.44. The van der Waals surface area contributed by atoms with Crippen LogP contribution in [0.1, 0.15) is 5.56 Å². The summed E-state index contributed by atoms with van der Waals surface area (Å²) in [4.78, 5) is 0. The van der Waals surface area contributed by atoms with E-state index in [1.165, 1.54) is 19.2 Å². The van der Waals surface area contributed by atoms with E-state index in [9.17, 15) is 12.8 Å². The molecule has 0 unspecified atom stereocenters. The monoisotopic (exact) mass is 348 g/mol. The molecular formula is C10H10BrFN4O2S. The van der Waals surface area contributed by atoms with Crippen LogP contribution in [0.3, 0.4) is 0 Å². The van der Waals surface area contributed by atoms with Gasteiger partial charge in [-0.05, 0) is 40.5 Å². The number of nitrogens with one attached hydrogen (secondary N) is 1. The van der Waals surface area contributed by atoms with Crippen LogP contribution in [0.5, 0.6) is 0 Å². The molecule has 0 saturated heterocycles. The molecule has 1 aromatic heterocycles. The first-order valence-electron chi connectivity index (χ1n) is 5.15. The Morgan fingerprint density at radius 3 is 2.63 bits per heavy atom. The lowest BCUT2D eigenvalue weighted by atomic mass is 10.2. The van der Waals surface area contributed by atoms with Crippen molar-refractivity contribution >= 4 is 31.6 Å². The Morgan fingerprint density at radius 1 is 1.42 bits per heavy atom. The number of rotatable bonds is 3. The maximum atomic E-state index is 13.4. The number of halogens is 2. The fraction of sp³-hybridized carbons (Fsp3) is 0.200. The van der Waals surface area contributed by atoms with E-state index < -0.39 is 15.8 Å². The molecule has 0 aliphatic rings. The molecule has 19 heavy (non-hydrogen) atoms. The van der Waals surface area contributed by atoms with Gasteiger partial charge in [0, 0.05) is 7.05 Å². The van der Waals surface area contributed by atoms with E-state index >= 15 is 0 Å². The topological polar surface area (TPSA) is 76.9 Å². The molecule has 1 heterocycles. The number of aromatic nitrogens is 3. The van der Waals surface area contributed by atoms with Crippen LogP contribution in [0.4, 0.5) is 10.1 Å². The molecule has 0 aliphatic heterocycles. The van der Waals surface area contributed by atoms with Gasteiger partial charge in [-0.15, -0.1) is 5.10 Å². The fourth-order valence-electron chi connectivity index (χ4n) is 1.47. The maximum absolute atomic E-state index is 13.4. The van der Waals surface area contributed by atoms with Gasteiger partial charge >= 0.3 is 0 Å². The van der Waals surface area contributed by atoms with Crippen molar-refractivity contribution in [1.29, 1.82) is 0 Å². The van der Waals surface area contributed by atoms with Gasteiger partial charge in [0.1, 0.15) is 5.82 Å². The summed E-state index contributed by atoms with van der Waals surface area (Å²) >= 11 is 3.00. The van der Waals surface area contributed by atoms with E-state index in [2.05, 4.69) is 31.0 Å². The van der Waals surface area contributed by atoms with E-state index in [1.54, 1.807) is 6.92 Å². The number of nitrogens with zero attached hydrogens (tertiary/aromatic N) is 3. The van der Waals surface area contributed by atoms with E-state index in [-0.39, 0.29) is 15.3 Å².